The zero-order valence-corrected chi connectivity index (χ0v) is 24.5. The molecule has 0 unspecified atom stereocenters. The van der Waals surface area contributed by atoms with Gasteiger partial charge in [-0.05, 0) is 73.7 Å². The summed E-state index contributed by atoms with van der Waals surface area (Å²) >= 11 is 7.55. The molecule has 0 saturated carbocycles. The van der Waals surface area contributed by atoms with Gasteiger partial charge in [-0.2, -0.15) is 0 Å². The number of esters is 1. The van der Waals surface area contributed by atoms with Crippen LogP contribution in [0, 0.1) is 6.92 Å². The second-order valence-corrected chi connectivity index (χ2v) is 11.7. The Kier molecular flexibility index (Phi) is 7.65. The van der Waals surface area contributed by atoms with Crippen molar-refractivity contribution in [3.05, 3.63) is 125 Å². The van der Waals surface area contributed by atoms with E-state index in [1.807, 2.05) is 48.5 Å². The van der Waals surface area contributed by atoms with Gasteiger partial charge in [-0.1, -0.05) is 71.5 Å². The Bertz CT molecular complexity index is 1820. The Hall–Kier alpha value is -3.94. The Balaban J connectivity index is 1.56. The van der Waals surface area contributed by atoms with E-state index < -0.39 is 12.0 Å². The Morgan fingerprint density at radius 1 is 1.07 bits per heavy atom. The second-order valence-electron chi connectivity index (χ2n) is 10.2. The molecule has 0 spiro atoms. The largest absolute Gasteiger partial charge is 0.463 e. The van der Waals surface area contributed by atoms with Crippen molar-refractivity contribution in [3.63, 3.8) is 0 Å². The van der Waals surface area contributed by atoms with Crippen molar-refractivity contribution >= 4 is 46.4 Å². The average molecular weight is 584 g/mol. The molecule has 2 aliphatic heterocycles. The van der Waals surface area contributed by atoms with Gasteiger partial charge in [-0.3, -0.25) is 9.36 Å². The predicted molar refractivity (Wildman–Crippen MR) is 165 cm³/mol. The van der Waals surface area contributed by atoms with E-state index >= 15 is 0 Å². The molecule has 8 heteroatoms. The topological polar surface area (TPSA) is 63.9 Å². The highest BCUT2D eigenvalue weighted by Crippen LogP contribution is 2.35. The zero-order valence-electron chi connectivity index (χ0n) is 23.0. The first-order chi connectivity index (χ1) is 19.9. The van der Waals surface area contributed by atoms with Crippen LogP contribution in [-0.2, 0) is 9.53 Å². The van der Waals surface area contributed by atoms with Gasteiger partial charge in [0, 0.05) is 29.4 Å². The normalized spacial score (nSPS) is 17.0. The number of nitrogens with zero attached hydrogens (tertiary/aromatic N) is 3. The minimum Gasteiger partial charge on any atom is -0.463 e. The number of ether oxygens (including phenoxy) is 1. The van der Waals surface area contributed by atoms with Crippen molar-refractivity contribution < 1.29 is 9.53 Å². The second kappa shape index (κ2) is 11.5. The SMILES string of the molecule is CCOC(=O)C1=C(c2ccccc2)N=c2s/c(=C/c3ccc(N4CCCC4)cc3C)c(=O)n2[C@@H]1c1ccc(Cl)cc1. The molecular formula is C33H30ClN3O3S. The predicted octanol–water partition coefficient (Wildman–Crippen LogP) is 5.50. The van der Waals surface area contributed by atoms with Gasteiger partial charge < -0.3 is 9.64 Å². The van der Waals surface area contributed by atoms with Crippen molar-refractivity contribution in [2.24, 2.45) is 4.99 Å². The molecule has 0 aliphatic carbocycles. The molecular weight excluding hydrogens is 554 g/mol. The molecule has 208 valence electrons. The van der Waals surface area contributed by atoms with Crippen LogP contribution in [0.15, 0.2) is 88.2 Å². The van der Waals surface area contributed by atoms with Crippen molar-refractivity contribution in [2.45, 2.75) is 32.7 Å². The van der Waals surface area contributed by atoms with E-state index in [1.54, 1.807) is 23.6 Å². The summed E-state index contributed by atoms with van der Waals surface area (Å²) in [7, 11) is 0. The lowest BCUT2D eigenvalue weighted by atomic mass is 9.93. The smallest absolute Gasteiger partial charge is 0.338 e. The number of hydrogen-bond acceptors (Lipinski definition) is 6. The van der Waals surface area contributed by atoms with Crippen LogP contribution in [-0.4, -0.2) is 30.2 Å². The minimum atomic E-state index is -0.724. The van der Waals surface area contributed by atoms with Crippen LogP contribution in [0.25, 0.3) is 11.8 Å². The number of aromatic nitrogens is 1. The summed E-state index contributed by atoms with van der Waals surface area (Å²) in [6.45, 7) is 6.20. The third kappa shape index (κ3) is 5.27. The highest BCUT2D eigenvalue weighted by Gasteiger charge is 2.35. The molecule has 1 atom stereocenters. The lowest BCUT2D eigenvalue weighted by molar-refractivity contribution is -0.138. The van der Waals surface area contributed by atoms with Crippen LogP contribution in [0.4, 0.5) is 5.69 Å². The van der Waals surface area contributed by atoms with Gasteiger partial charge in [0.25, 0.3) is 5.56 Å². The number of carbonyl (C=O) groups is 1. The molecule has 0 amide bonds. The first kappa shape index (κ1) is 27.2. The van der Waals surface area contributed by atoms with E-state index in [0.717, 1.165) is 35.3 Å². The van der Waals surface area contributed by atoms with Gasteiger partial charge in [0.1, 0.15) is 0 Å². The van der Waals surface area contributed by atoms with E-state index in [4.69, 9.17) is 21.3 Å². The summed E-state index contributed by atoms with van der Waals surface area (Å²) in [5, 5.41) is 0.568. The quantitative estimate of drug-likeness (QED) is 0.281. The van der Waals surface area contributed by atoms with Gasteiger partial charge in [-0.25, -0.2) is 9.79 Å². The molecule has 3 heterocycles. The molecule has 2 aliphatic rings. The van der Waals surface area contributed by atoms with Crippen LogP contribution < -0.4 is 19.8 Å². The summed E-state index contributed by atoms with van der Waals surface area (Å²) < 4.78 is 7.70. The maximum atomic E-state index is 14.1. The fourth-order valence-electron chi connectivity index (χ4n) is 5.54. The summed E-state index contributed by atoms with van der Waals surface area (Å²) in [5.74, 6) is -0.502. The average Bonchev–Trinajstić information content (AvgIpc) is 3.63. The highest BCUT2D eigenvalue weighted by molar-refractivity contribution is 7.07. The maximum Gasteiger partial charge on any atom is 0.338 e. The first-order valence-corrected chi connectivity index (χ1v) is 15.0. The number of rotatable bonds is 6. The summed E-state index contributed by atoms with van der Waals surface area (Å²) in [6.07, 6.45) is 4.37. The molecule has 1 saturated heterocycles. The number of thiazole rings is 1. The van der Waals surface area contributed by atoms with E-state index in [9.17, 15) is 9.59 Å². The molecule has 0 N–H and O–H groups in total. The van der Waals surface area contributed by atoms with E-state index in [1.165, 1.54) is 29.9 Å². The molecule has 6 nitrogen and oxygen atoms in total. The summed E-state index contributed by atoms with van der Waals surface area (Å²) in [4.78, 5) is 35.5. The molecule has 6 rings (SSSR count). The van der Waals surface area contributed by atoms with Gasteiger partial charge in [0.05, 0.1) is 28.5 Å². The van der Waals surface area contributed by atoms with Crippen LogP contribution in [0.5, 0.6) is 0 Å². The maximum absolute atomic E-state index is 14.1. The number of fused-ring (bicyclic) bond motifs is 1. The highest BCUT2D eigenvalue weighted by atomic mass is 35.5. The van der Waals surface area contributed by atoms with Gasteiger partial charge in [0.15, 0.2) is 4.80 Å². The number of anilines is 1. The van der Waals surface area contributed by atoms with Crippen molar-refractivity contribution in [1.82, 2.24) is 4.57 Å². The Morgan fingerprint density at radius 2 is 1.80 bits per heavy atom. The van der Waals surface area contributed by atoms with Crippen LogP contribution in [0.1, 0.15) is 48.1 Å². The molecule has 0 radical (unpaired) electrons. The number of halogens is 1. The Morgan fingerprint density at radius 3 is 2.49 bits per heavy atom. The summed E-state index contributed by atoms with van der Waals surface area (Å²) in [5.41, 5.74) is 5.45. The zero-order chi connectivity index (χ0) is 28.5. The molecule has 3 aromatic carbocycles. The molecule has 0 bridgehead atoms. The lowest BCUT2D eigenvalue weighted by Gasteiger charge is -2.26. The fraction of sp³-hybridized carbons (Fsp3) is 0.242. The van der Waals surface area contributed by atoms with Gasteiger partial charge >= 0.3 is 5.97 Å². The van der Waals surface area contributed by atoms with Gasteiger partial charge in [0.2, 0.25) is 0 Å². The lowest BCUT2D eigenvalue weighted by Crippen LogP contribution is -2.40. The van der Waals surface area contributed by atoms with Crippen LogP contribution in [0.2, 0.25) is 5.02 Å². The summed E-state index contributed by atoms with van der Waals surface area (Å²) in [6, 6.07) is 22.5. The minimum absolute atomic E-state index is 0.203. The third-order valence-corrected chi connectivity index (χ3v) is 8.81. The third-order valence-electron chi connectivity index (χ3n) is 7.57. The number of aryl methyl sites for hydroxylation is 1. The Labute approximate surface area is 247 Å². The van der Waals surface area contributed by atoms with Crippen LogP contribution >= 0.6 is 22.9 Å². The fourth-order valence-corrected chi connectivity index (χ4v) is 6.65. The van der Waals surface area contributed by atoms with E-state index in [-0.39, 0.29) is 12.2 Å². The van der Waals surface area contributed by atoms with Crippen LogP contribution in [0.3, 0.4) is 0 Å². The van der Waals surface area contributed by atoms with E-state index in [0.29, 0.717) is 25.6 Å². The standard InChI is InChI=1S/C33H30ClN3O3S/c1-3-40-32(39)28-29(22-9-5-4-6-10-22)35-33-37(30(28)23-11-14-25(34)15-12-23)31(38)27(41-33)20-24-13-16-26(19-21(24)2)36-17-7-8-18-36/h4-6,9-16,19-20,30H,3,7-8,17-18H2,1-2H3/b27-20+/t30-/m1/s1. The number of carbonyl (C=O) groups excluding carboxylic acids is 1. The van der Waals surface area contributed by atoms with Crippen molar-refractivity contribution in [3.8, 4) is 0 Å². The monoisotopic (exact) mass is 583 g/mol. The number of benzene rings is 3. The van der Waals surface area contributed by atoms with Crippen molar-refractivity contribution in [1.29, 1.82) is 0 Å². The van der Waals surface area contributed by atoms with E-state index in [2.05, 4.69) is 30.0 Å². The number of hydrogen-bond donors (Lipinski definition) is 0. The molecule has 1 fully saturated rings. The molecule has 4 aromatic rings. The van der Waals surface area contributed by atoms with Crippen molar-refractivity contribution in [2.75, 3.05) is 24.6 Å². The first-order valence-electron chi connectivity index (χ1n) is 13.8. The molecule has 1 aromatic heterocycles. The van der Waals surface area contributed by atoms with Gasteiger partial charge in [-0.15, -0.1) is 0 Å². The molecule has 41 heavy (non-hydrogen) atoms.